The summed E-state index contributed by atoms with van der Waals surface area (Å²) in [5, 5.41) is 12.0. The summed E-state index contributed by atoms with van der Waals surface area (Å²) < 4.78 is 5.41. The Kier molecular flexibility index (Phi) is 6.21. The van der Waals surface area contributed by atoms with Gasteiger partial charge in [0.15, 0.2) is 18.2 Å². The first-order valence-corrected chi connectivity index (χ1v) is 14.2. The van der Waals surface area contributed by atoms with Crippen molar-refractivity contribution in [1.29, 1.82) is 5.26 Å². The summed E-state index contributed by atoms with van der Waals surface area (Å²) in [5.41, 5.74) is 3.61. The first kappa shape index (κ1) is 26.4. The van der Waals surface area contributed by atoms with Crippen LogP contribution in [-0.4, -0.2) is 35.0 Å². The van der Waals surface area contributed by atoms with Gasteiger partial charge in [-0.15, -0.1) is 0 Å². The van der Waals surface area contributed by atoms with Crippen molar-refractivity contribution in [2.45, 2.75) is 24.4 Å². The molecule has 43 heavy (non-hydrogen) atoms. The molecule has 0 saturated carbocycles. The largest absolute Gasteiger partial charge is 0.479 e. The van der Waals surface area contributed by atoms with E-state index in [1.807, 2.05) is 90.8 Å². The van der Waals surface area contributed by atoms with Crippen LogP contribution < -0.4 is 10.1 Å². The molecule has 1 N–H and O–H groups in total. The fraction of sp³-hybridized carbons (Fsp3) is 0.167. The number of carbonyl (C=O) groups is 3. The van der Waals surface area contributed by atoms with E-state index in [-0.39, 0.29) is 24.1 Å². The van der Waals surface area contributed by atoms with Gasteiger partial charge < -0.3 is 15.0 Å². The first-order chi connectivity index (χ1) is 20.9. The van der Waals surface area contributed by atoms with Crippen molar-refractivity contribution in [3.05, 3.63) is 137 Å². The highest BCUT2D eigenvalue weighted by Crippen LogP contribution is 2.62. The van der Waals surface area contributed by atoms with Crippen LogP contribution in [0, 0.1) is 24.2 Å². The summed E-state index contributed by atoms with van der Waals surface area (Å²) in [6, 6.07) is 29.5. The van der Waals surface area contributed by atoms with Gasteiger partial charge in [-0.2, -0.15) is 5.26 Å². The van der Waals surface area contributed by atoms with E-state index < -0.39 is 23.4 Å². The zero-order chi connectivity index (χ0) is 29.7. The summed E-state index contributed by atoms with van der Waals surface area (Å²) in [4.78, 5) is 45.9. The molecular weight excluding hydrogens is 538 g/mol. The molecule has 0 aromatic heterocycles. The third kappa shape index (κ3) is 3.91. The molecule has 3 aliphatic heterocycles. The summed E-state index contributed by atoms with van der Waals surface area (Å²) >= 11 is 0. The number of ether oxygens (including phenoxy) is 1. The molecule has 210 valence electrons. The van der Waals surface area contributed by atoms with Crippen molar-refractivity contribution in [1.82, 2.24) is 4.90 Å². The molecule has 1 fully saturated rings. The van der Waals surface area contributed by atoms with E-state index in [1.165, 1.54) is 0 Å². The van der Waals surface area contributed by atoms with Crippen LogP contribution in [-0.2, 0) is 10.2 Å². The maximum atomic E-state index is 14.9. The lowest BCUT2D eigenvalue weighted by Crippen LogP contribution is -2.49. The van der Waals surface area contributed by atoms with E-state index in [0.29, 0.717) is 28.1 Å². The second-order valence-corrected chi connectivity index (χ2v) is 11.2. The molecule has 1 spiro atoms. The van der Waals surface area contributed by atoms with E-state index in [1.54, 1.807) is 36.4 Å². The van der Waals surface area contributed by atoms with Crippen molar-refractivity contribution >= 4 is 29.2 Å². The fourth-order valence-electron chi connectivity index (χ4n) is 7.07. The Balaban J connectivity index is 1.48. The van der Waals surface area contributed by atoms with E-state index in [4.69, 9.17) is 10.00 Å². The highest BCUT2D eigenvalue weighted by atomic mass is 16.5. The average Bonchev–Trinajstić information content (AvgIpc) is 3.52. The smallest absolute Gasteiger partial charge is 0.238 e. The zero-order valence-corrected chi connectivity index (χ0v) is 23.4. The molecule has 7 nitrogen and oxygen atoms in total. The molecule has 1 amide bonds. The third-order valence-corrected chi connectivity index (χ3v) is 8.90. The number of para-hydroxylation sites is 1. The van der Waals surface area contributed by atoms with Crippen LogP contribution >= 0.6 is 0 Å². The molecule has 4 aromatic carbocycles. The minimum absolute atomic E-state index is 0.120. The SMILES string of the molecule is Cc1ccc(C(=O)[C@@H]2[C@@H](C(=O)c3ccc(OCC#N)cc3)[C@@]3(C(=O)Nc4ccccc43)[C@H]3c4ccccc4C=CN23)cc1. The number of hydrogen-bond acceptors (Lipinski definition) is 6. The minimum atomic E-state index is -1.39. The molecule has 0 unspecified atom stereocenters. The van der Waals surface area contributed by atoms with Crippen LogP contribution in [0.4, 0.5) is 5.69 Å². The van der Waals surface area contributed by atoms with Gasteiger partial charge >= 0.3 is 0 Å². The van der Waals surface area contributed by atoms with Crippen molar-refractivity contribution in [2.24, 2.45) is 5.92 Å². The molecule has 1 saturated heterocycles. The lowest BCUT2D eigenvalue weighted by molar-refractivity contribution is -0.122. The molecule has 3 aliphatic rings. The summed E-state index contributed by atoms with van der Waals surface area (Å²) in [6.45, 7) is 1.83. The van der Waals surface area contributed by atoms with Gasteiger partial charge in [-0.25, -0.2) is 0 Å². The maximum absolute atomic E-state index is 14.9. The number of amides is 1. The number of Topliss-reactive ketones (excluding diaryl/α,β-unsaturated/α-hetero) is 2. The van der Waals surface area contributed by atoms with Crippen LogP contribution in [0.15, 0.2) is 103 Å². The molecular formula is C36H27N3O4. The highest BCUT2D eigenvalue weighted by Gasteiger charge is 2.70. The van der Waals surface area contributed by atoms with Crippen molar-refractivity contribution in [3.8, 4) is 11.8 Å². The minimum Gasteiger partial charge on any atom is -0.479 e. The third-order valence-electron chi connectivity index (χ3n) is 8.90. The Morgan fingerprint density at radius 3 is 2.35 bits per heavy atom. The second kappa shape index (κ2) is 10.1. The Hall–Kier alpha value is -5.48. The number of fused-ring (bicyclic) bond motifs is 6. The van der Waals surface area contributed by atoms with Crippen LogP contribution in [0.3, 0.4) is 0 Å². The van der Waals surface area contributed by atoms with Gasteiger partial charge in [0.2, 0.25) is 5.91 Å². The van der Waals surface area contributed by atoms with Crippen LogP contribution in [0.2, 0.25) is 0 Å². The maximum Gasteiger partial charge on any atom is 0.238 e. The number of aryl methyl sites for hydroxylation is 1. The van der Waals surface area contributed by atoms with E-state index in [0.717, 1.165) is 16.7 Å². The monoisotopic (exact) mass is 565 g/mol. The lowest BCUT2D eigenvalue weighted by atomic mass is 9.62. The predicted octanol–water partition coefficient (Wildman–Crippen LogP) is 5.88. The predicted molar refractivity (Wildman–Crippen MR) is 161 cm³/mol. The van der Waals surface area contributed by atoms with E-state index in [9.17, 15) is 14.4 Å². The average molecular weight is 566 g/mol. The van der Waals surface area contributed by atoms with Crippen molar-refractivity contribution in [2.75, 3.05) is 11.9 Å². The van der Waals surface area contributed by atoms with Crippen molar-refractivity contribution in [3.63, 3.8) is 0 Å². The first-order valence-electron chi connectivity index (χ1n) is 14.2. The topological polar surface area (TPSA) is 99.5 Å². The molecule has 0 aliphatic carbocycles. The number of hydrogen-bond donors (Lipinski definition) is 1. The van der Waals surface area contributed by atoms with Gasteiger partial charge in [0, 0.05) is 23.0 Å². The molecule has 3 heterocycles. The van der Waals surface area contributed by atoms with Crippen LogP contribution in [0.25, 0.3) is 6.08 Å². The number of nitrogens with zero attached hydrogens (tertiary/aromatic N) is 2. The van der Waals surface area contributed by atoms with Gasteiger partial charge in [-0.3, -0.25) is 14.4 Å². The number of ketones is 2. The highest BCUT2D eigenvalue weighted by molar-refractivity contribution is 6.16. The van der Waals surface area contributed by atoms with Crippen LogP contribution in [0.5, 0.6) is 5.75 Å². The van der Waals surface area contributed by atoms with Gasteiger partial charge in [0.05, 0.1) is 12.0 Å². The van der Waals surface area contributed by atoms with Crippen LogP contribution in [0.1, 0.15) is 49.0 Å². The number of carbonyl (C=O) groups excluding carboxylic acids is 3. The molecule has 7 heteroatoms. The summed E-state index contributed by atoms with van der Waals surface area (Å²) in [6.07, 6.45) is 3.81. The molecule has 7 rings (SSSR count). The molecule has 4 atom stereocenters. The number of anilines is 1. The number of nitrogens with one attached hydrogen (secondary N) is 1. The van der Waals surface area contributed by atoms with Gasteiger partial charge in [0.1, 0.15) is 23.3 Å². The van der Waals surface area contributed by atoms with Gasteiger partial charge in [-0.05, 0) is 60.0 Å². The number of nitriles is 1. The second-order valence-electron chi connectivity index (χ2n) is 11.2. The number of rotatable bonds is 6. The van der Waals surface area contributed by atoms with Gasteiger partial charge in [0.25, 0.3) is 0 Å². The molecule has 4 aromatic rings. The fourth-order valence-corrected chi connectivity index (χ4v) is 7.07. The Bertz CT molecular complexity index is 1850. The molecule has 0 bridgehead atoms. The normalized spacial score (nSPS) is 22.7. The van der Waals surface area contributed by atoms with Gasteiger partial charge in [-0.1, -0.05) is 72.3 Å². The summed E-state index contributed by atoms with van der Waals surface area (Å²) in [7, 11) is 0. The zero-order valence-electron chi connectivity index (χ0n) is 23.4. The Morgan fingerprint density at radius 1 is 0.907 bits per heavy atom. The standard InChI is InChI=1S/C36H27N3O4/c1-22-10-12-25(13-11-22)33(41)31-30(32(40)24-14-16-26(17-15-24)43-21-19-37)36(28-8-4-5-9-29(28)38-35(36)42)34-27-7-3-2-6-23(27)18-20-39(31)34/h2-18,20,30-31,34H,21H2,1H3,(H,38,42)/t30-,31-,34+,36+/m0/s1. The quantitative estimate of drug-likeness (QED) is 0.293. The lowest BCUT2D eigenvalue weighted by Gasteiger charge is -2.38. The van der Waals surface area contributed by atoms with E-state index in [2.05, 4.69) is 5.32 Å². The summed E-state index contributed by atoms with van der Waals surface area (Å²) in [5.74, 6) is -1.46. The van der Waals surface area contributed by atoms with E-state index >= 15 is 0 Å². The Labute approximate surface area is 249 Å². The van der Waals surface area contributed by atoms with Crippen molar-refractivity contribution < 1.29 is 19.1 Å². The number of benzene rings is 4. The Morgan fingerprint density at radius 2 is 1.58 bits per heavy atom. The molecule has 0 radical (unpaired) electrons.